The van der Waals surface area contributed by atoms with Gasteiger partial charge in [-0.15, -0.1) is 0 Å². The van der Waals surface area contributed by atoms with Gasteiger partial charge in [-0.1, -0.05) is 22.1 Å². The highest BCUT2D eigenvalue weighted by Crippen LogP contribution is 2.41. The van der Waals surface area contributed by atoms with Crippen molar-refractivity contribution in [2.75, 3.05) is 32.8 Å². The molecule has 3 heterocycles. The maximum absolute atomic E-state index is 15.1. The third-order valence-corrected chi connectivity index (χ3v) is 5.93. The number of fused-ring (bicyclic) bond motifs is 1. The molecule has 4 rings (SSSR count). The predicted molar refractivity (Wildman–Crippen MR) is 115 cm³/mol. The van der Waals surface area contributed by atoms with Gasteiger partial charge in [-0.25, -0.2) is 9.18 Å². The van der Waals surface area contributed by atoms with E-state index in [4.69, 9.17) is 21.1 Å². The van der Waals surface area contributed by atoms with Crippen LogP contribution in [0, 0.1) is 5.82 Å². The summed E-state index contributed by atoms with van der Waals surface area (Å²) in [6.45, 7) is 5.15. The Hall–Kier alpha value is -3.01. The molecule has 178 valence electrons. The van der Waals surface area contributed by atoms with E-state index in [1.807, 2.05) is 0 Å². The standard InChI is InChI=1S/C22H24ClF2N3O5/c1-22(2,3)33-21(31)26-7-8-27-12(9-26)11-32-19-17(23)13(10-28(25)18(19)20(27)30)16-14(24)5-4-6-15(16)29/h4-6,12,29H,7-11H2,1-3H3/t12-/m1/s1. The summed E-state index contributed by atoms with van der Waals surface area (Å²) in [6.07, 6.45) is -0.515. The Labute approximate surface area is 194 Å². The minimum absolute atomic E-state index is 0.0448. The molecular formula is C22H24ClF2N3O5. The summed E-state index contributed by atoms with van der Waals surface area (Å²) in [5.74, 6) is -2.07. The summed E-state index contributed by atoms with van der Waals surface area (Å²) in [5, 5.41) is 10.1. The molecule has 33 heavy (non-hydrogen) atoms. The van der Waals surface area contributed by atoms with Gasteiger partial charge in [0.15, 0.2) is 11.5 Å². The average molecular weight is 484 g/mol. The number of hydrogen-bond acceptors (Lipinski definition) is 6. The van der Waals surface area contributed by atoms with Gasteiger partial charge < -0.3 is 24.4 Å². The molecule has 8 nitrogen and oxygen atoms in total. The zero-order chi connectivity index (χ0) is 24.1. The van der Waals surface area contributed by atoms with Crippen molar-refractivity contribution < 1.29 is 33.0 Å². The first kappa shape index (κ1) is 23.2. The molecule has 11 heteroatoms. The fraction of sp³-hybridized carbons (Fsp3) is 0.455. The zero-order valence-electron chi connectivity index (χ0n) is 18.4. The number of amides is 2. The molecule has 0 unspecified atom stereocenters. The molecule has 0 radical (unpaired) electrons. The van der Waals surface area contributed by atoms with Crippen molar-refractivity contribution in [2.45, 2.75) is 32.4 Å². The number of nitrogens with zero attached hydrogens (tertiary/aromatic N) is 3. The summed E-state index contributed by atoms with van der Waals surface area (Å²) >= 11 is 6.46. The summed E-state index contributed by atoms with van der Waals surface area (Å²) in [6, 6.07) is 3.12. The minimum Gasteiger partial charge on any atom is -0.507 e. The topological polar surface area (TPSA) is 82.5 Å². The number of ether oxygens (including phenoxy) is 2. The highest BCUT2D eigenvalue weighted by Gasteiger charge is 2.44. The molecule has 2 amide bonds. The summed E-state index contributed by atoms with van der Waals surface area (Å²) in [7, 11) is 0. The first-order chi connectivity index (χ1) is 15.5. The van der Waals surface area contributed by atoms with E-state index in [-0.39, 0.29) is 53.3 Å². The Morgan fingerprint density at radius 1 is 1.30 bits per heavy atom. The van der Waals surface area contributed by atoms with Crippen LogP contribution < -0.4 is 0 Å². The van der Waals surface area contributed by atoms with Crippen LogP contribution >= 0.6 is 11.6 Å². The van der Waals surface area contributed by atoms with Gasteiger partial charge in [0.05, 0.1) is 23.2 Å². The summed E-state index contributed by atoms with van der Waals surface area (Å²) in [5.41, 5.74) is -1.37. The predicted octanol–water partition coefficient (Wildman–Crippen LogP) is 3.37. The highest BCUT2D eigenvalue weighted by atomic mass is 35.5. The summed E-state index contributed by atoms with van der Waals surface area (Å²) < 4.78 is 40.7. The van der Waals surface area contributed by atoms with Crippen LogP contribution in [0.3, 0.4) is 0 Å². The molecule has 1 aromatic carbocycles. The van der Waals surface area contributed by atoms with Gasteiger partial charge in [0.25, 0.3) is 5.91 Å². The van der Waals surface area contributed by atoms with E-state index >= 15 is 4.48 Å². The molecule has 3 aliphatic heterocycles. The fourth-order valence-electron chi connectivity index (χ4n) is 4.04. The van der Waals surface area contributed by atoms with Crippen molar-refractivity contribution >= 4 is 29.2 Å². The monoisotopic (exact) mass is 483 g/mol. The Kier molecular flexibility index (Phi) is 5.90. The second kappa shape index (κ2) is 8.40. The lowest BCUT2D eigenvalue weighted by Crippen LogP contribution is -2.58. The minimum atomic E-state index is -0.786. The molecule has 0 aromatic heterocycles. The molecule has 0 saturated carbocycles. The lowest BCUT2D eigenvalue weighted by molar-refractivity contribution is -0.135. The normalized spacial score (nSPS) is 21.5. The number of rotatable bonds is 1. The molecule has 1 saturated heterocycles. The number of allylic oxidation sites excluding steroid dienone is 1. The van der Waals surface area contributed by atoms with Crippen LogP contribution in [0.15, 0.2) is 34.7 Å². The van der Waals surface area contributed by atoms with Crippen LogP contribution in [0.5, 0.6) is 5.75 Å². The lowest BCUT2D eigenvalue weighted by atomic mass is 9.99. The highest BCUT2D eigenvalue weighted by molar-refractivity contribution is 6.35. The third kappa shape index (κ3) is 4.31. The number of piperazine rings is 1. The lowest BCUT2D eigenvalue weighted by Gasteiger charge is -2.40. The second-order valence-corrected chi connectivity index (χ2v) is 9.39. The SMILES string of the molecule is CC(C)(C)OC(=O)N1CCN2C(=O)C3=C(OC[C@H]2C1)C(Cl)=C(c1c(O)cccc1F)CN3F. The number of carbonyl (C=O) groups excluding carboxylic acids is 2. The molecule has 0 aliphatic carbocycles. The number of carbonyl (C=O) groups is 2. The van der Waals surface area contributed by atoms with Crippen LogP contribution in [0.25, 0.3) is 5.57 Å². The Bertz CT molecular complexity index is 1050. The Balaban J connectivity index is 1.64. The largest absolute Gasteiger partial charge is 0.507 e. The van der Waals surface area contributed by atoms with Gasteiger partial charge >= 0.3 is 6.09 Å². The van der Waals surface area contributed by atoms with E-state index in [9.17, 15) is 19.1 Å². The van der Waals surface area contributed by atoms with E-state index < -0.39 is 47.5 Å². The third-order valence-electron chi connectivity index (χ3n) is 5.53. The van der Waals surface area contributed by atoms with E-state index in [0.29, 0.717) is 0 Å². The smallest absolute Gasteiger partial charge is 0.410 e. The van der Waals surface area contributed by atoms with Crippen LogP contribution in [0.4, 0.5) is 13.7 Å². The molecule has 3 aliphatic rings. The quantitative estimate of drug-likeness (QED) is 0.617. The van der Waals surface area contributed by atoms with E-state index in [1.54, 1.807) is 20.8 Å². The van der Waals surface area contributed by atoms with Gasteiger partial charge in [-0.3, -0.25) is 4.79 Å². The molecular weight excluding hydrogens is 460 g/mol. The van der Waals surface area contributed by atoms with Crippen molar-refractivity contribution in [3.05, 3.63) is 46.1 Å². The number of aromatic hydroxyl groups is 1. The second-order valence-electron chi connectivity index (χ2n) is 9.01. The summed E-state index contributed by atoms with van der Waals surface area (Å²) in [4.78, 5) is 28.6. The number of halogens is 3. The fourth-order valence-corrected chi connectivity index (χ4v) is 4.34. The van der Waals surface area contributed by atoms with Crippen molar-refractivity contribution in [2.24, 2.45) is 0 Å². The maximum atomic E-state index is 15.1. The number of phenolic OH excluding ortho intramolecular Hbond substituents is 1. The van der Waals surface area contributed by atoms with Crippen molar-refractivity contribution in [3.63, 3.8) is 0 Å². The zero-order valence-corrected chi connectivity index (χ0v) is 19.2. The van der Waals surface area contributed by atoms with Crippen molar-refractivity contribution in [3.8, 4) is 5.75 Å². The van der Waals surface area contributed by atoms with Gasteiger partial charge in [-0.2, -0.15) is 5.12 Å². The van der Waals surface area contributed by atoms with Gasteiger partial charge in [0.2, 0.25) is 0 Å². The molecule has 1 N–H and O–H groups in total. The van der Waals surface area contributed by atoms with Crippen LogP contribution in [-0.4, -0.2) is 76.5 Å². The number of hydrogen-bond donors (Lipinski definition) is 1. The van der Waals surface area contributed by atoms with Crippen LogP contribution in [0.1, 0.15) is 26.3 Å². The number of phenols is 1. The number of benzene rings is 1. The molecule has 0 bridgehead atoms. The van der Waals surface area contributed by atoms with E-state index in [0.717, 1.165) is 6.07 Å². The van der Waals surface area contributed by atoms with Crippen molar-refractivity contribution in [1.29, 1.82) is 0 Å². The van der Waals surface area contributed by atoms with E-state index in [1.165, 1.54) is 21.9 Å². The van der Waals surface area contributed by atoms with Crippen molar-refractivity contribution in [1.82, 2.24) is 14.9 Å². The maximum Gasteiger partial charge on any atom is 0.410 e. The van der Waals surface area contributed by atoms with Gasteiger partial charge in [-0.05, 0) is 32.9 Å². The van der Waals surface area contributed by atoms with Crippen LogP contribution in [0.2, 0.25) is 0 Å². The Morgan fingerprint density at radius 2 is 2.03 bits per heavy atom. The van der Waals surface area contributed by atoms with E-state index in [2.05, 4.69) is 0 Å². The molecule has 0 spiro atoms. The first-order valence-corrected chi connectivity index (χ1v) is 10.8. The van der Waals surface area contributed by atoms with Crippen LogP contribution in [-0.2, 0) is 14.3 Å². The molecule has 1 fully saturated rings. The Morgan fingerprint density at radius 3 is 2.70 bits per heavy atom. The average Bonchev–Trinajstić information content (AvgIpc) is 2.87. The first-order valence-electron chi connectivity index (χ1n) is 10.4. The molecule has 1 atom stereocenters. The van der Waals surface area contributed by atoms with Gasteiger partial charge in [0, 0.05) is 25.2 Å². The van der Waals surface area contributed by atoms with Gasteiger partial charge in [0.1, 0.15) is 23.8 Å². The molecule has 1 aromatic rings.